The summed E-state index contributed by atoms with van der Waals surface area (Å²) in [7, 11) is 3.10. The molecule has 1 aliphatic carbocycles. The molecule has 8 heteroatoms. The Bertz CT molecular complexity index is 1460. The van der Waals surface area contributed by atoms with Gasteiger partial charge in [-0.25, -0.2) is 14.5 Å². The van der Waals surface area contributed by atoms with E-state index in [4.69, 9.17) is 14.6 Å². The summed E-state index contributed by atoms with van der Waals surface area (Å²) >= 11 is 0. The molecule has 8 nitrogen and oxygen atoms in total. The van der Waals surface area contributed by atoms with E-state index in [2.05, 4.69) is 50.3 Å². The van der Waals surface area contributed by atoms with Gasteiger partial charge >= 0.3 is 6.01 Å². The lowest BCUT2D eigenvalue weighted by Gasteiger charge is -2.11. The number of hydrogen-bond donors (Lipinski definition) is 0. The van der Waals surface area contributed by atoms with Gasteiger partial charge in [-0.3, -0.25) is 4.98 Å². The first kappa shape index (κ1) is 18.7. The molecule has 5 aromatic rings. The zero-order chi connectivity index (χ0) is 21.7. The standard InChI is InChI=1S/C24H20N6O2/c1-31-23-19(13-27-24(28-23)32-2)21-12-18(22-26-9-10-30(22)29-21)17-11-16(17)14-5-3-7-20-15(14)6-4-8-25-20/h3-10,12-13,16-17H,11H2,1-2H3/t16-,17+/m1/s1. The third-order valence-corrected chi connectivity index (χ3v) is 6.04. The van der Waals surface area contributed by atoms with E-state index in [1.807, 2.05) is 23.0 Å². The first-order chi connectivity index (χ1) is 15.8. The maximum absolute atomic E-state index is 5.49. The number of fused-ring (bicyclic) bond motifs is 2. The summed E-state index contributed by atoms with van der Waals surface area (Å²) in [6.45, 7) is 0. The van der Waals surface area contributed by atoms with Gasteiger partial charge in [0.2, 0.25) is 5.88 Å². The van der Waals surface area contributed by atoms with Gasteiger partial charge in [-0.2, -0.15) is 10.1 Å². The number of aromatic nitrogens is 6. The summed E-state index contributed by atoms with van der Waals surface area (Å²) in [6.07, 6.45) is 8.20. The van der Waals surface area contributed by atoms with Gasteiger partial charge in [-0.05, 0) is 42.0 Å². The number of nitrogens with zero attached hydrogens (tertiary/aromatic N) is 6. The van der Waals surface area contributed by atoms with Crippen LogP contribution in [0.15, 0.2) is 61.2 Å². The molecule has 0 saturated heterocycles. The average molecular weight is 424 g/mol. The number of imidazole rings is 1. The van der Waals surface area contributed by atoms with E-state index in [1.165, 1.54) is 18.1 Å². The van der Waals surface area contributed by atoms with Gasteiger partial charge in [0, 0.05) is 35.7 Å². The zero-order valence-corrected chi connectivity index (χ0v) is 17.6. The van der Waals surface area contributed by atoms with Crippen LogP contribution in [0.25, 0.3) is 27.8 Å². The zero-order valence-electron chi connectivity index (χ0n) is 17.6. The van der Waals surface area contributed by atoms with E-state index < -0.39 is 0 Å². The van der Waals surface area contributed by atoms with E-state index >= 15 is 0 Å². The highest BCUT2D eigenvalue weighted by atomic mass is 16.5. The van der Waals surface area contributed by atoms with Crippen molar-refractivity contribution in [3.63, 3.8) is 0 Å². The lowest BCUT2D eigenvalue weighted by Crippen LogP contribution is -2.02. The largest absolute Gasteiger partial charge is 0.480 e. The molecule has 1 saturated carbocycles. The smallest absolute Gasteiger partial charge is 0.319 e. The Morgan fingerprint density at radius 1 is 0.938 bits per heavy atom. The minimum Gasteiger partial charge on any atom is -0.480 e. The van der Waals surface area contributed by atoms with Crippen molar-refractivity contribution in [3.05, 3.63) is 72.3 Å². The molecule has 0 aliphatic heterocycles. The number of benzene rings is 1. The van der Waals surface area contributed by atoms with Crippen LogP contribution in [0, 0.1) is 0 Å². The maximum atomic E-state index is 5.49. The molecule has 4 heterocycles. The van der Waals surface area contributed by atoms with Crippen molar-refractivity contribution in [2.45, 2.75) is 18.3 Å². The maximum Gasteiger partial charge on any atom is 0.319 e. The van der Waals surface area contributed by atoms with Crippen LogP contribution < -0.4 is 9.47 Å². The quantitative estimate of drug-likeness (QED) is 0.421. The molecular weight excluding hydrogens is 404 g/mol. The molecule has 1 aromatic carbocycles. The second-order valence-electron chi connectivity index (χ2n) is 7.83. The monoisotopic (exact) mass is 424 g/mol. The first-order valence-corrected chi connectivity index (χ1v) is 10.4. The van der Waals surface area contributed by atoms with Crippen LogP contribution >= 0.6 is 0 Å². The molecule has 0 radical (unpaired) electrons. The average Bonchev–Trinajstić information content (AvgIpc) is 3.50. The third kappa shape index (κ3) is 2.95. The minimum atomic E-state index is 0.251. The lowest BCUT2D eigenvalue weighted by atomic mass is 10.0. The molecule has 0 amide bonds. The van der Waals surface area contributed by atoms with Gasteiger partial charge in [0.15, 0.2) is 5.65 Å². The van der Waals surface area contributed by atoms with Crippen LogP contribution in [0.4, 0.5) is 0 Å². The summed E-state index contributed by atoms with van der Waals surface area (Å²) in [5, 5.41) is 5.94. The number of ether oxygens (including phenoxy) is 2. The van der Waals surface area contributed by atoms with Crippen molar-refractivity contribution in [1.82, 2.24) is 29.5 Å². The normalized spacial score (nSPS) is 17.6. The van der Waals surface area contributed by atoms with E-state index in [0.29, 0.717) is 23.3 Å². The van der Waals surface area contributed by atoms with Crippen molar-refractivity contribution in [1.29, 1.82) is 0 Å². The summed E-state index contributed by atoms with van der Waals surface area (Å²) < 4.78 is 12.4. The van der Waals surface area contributed by atoms with E-state index in [0.717, 1.165) is 28.8 Å². The number of pyridine rings is 1. The highest BCUT2D eigenvalue weighted by Crippen LogP contribution is 2.56. The number of rotatable bonds is 5. The Balaban J connectivity index is 1.45. The Morgan fingerprint density at radius 2 is 1.84 bits per heavy atom. The van der Waals surface area contributed by atoms with Gasteiger partial charge in [0.05, 0.1) is 31.0 Å². The third-order valence-electron chi connectivity index (χ3n) is 6.04. The molecule has 6 rings (SSSR count). The Labute approximate surface area is 183 Å². The van der Waals surface area contributed by atoms with Crippen molar-refractivity contribution in [3.8, 4) is 23.1 Å². The molecule has 1 aliphatic rings. The predicted molar refractivity (Wildman–Crippen MR) is 119 cm³/mol. The van der Waals surface area contributed by atoms with Crippen LogP contribution in [0.2, 0.25) is 0 Å². The summed E-state index contributed by atoms with van der Waals surface area (Å²) in [4.78, 5) is 17.7. The number of methoxy groups -OCH3 is 2. The van der Waals surface area contributed by atoms with Crippen molar-refractivity contribution < 1.29 is 9.47 Å². The Kier molecular flexibility index (Phi) is 4.24. The molecular formula is C24H20N6O2. The van der Waals surface area contributed by atoms with E-state index in [9.17, 15) is 0 Å². The first-order valence-electron chi connectivity index (χ1n) is 10.4. The molecule has 32 heavy (non-hydrogen) atoms. The molecule has 4 aromatic heterocycles. The Hall–Kier alpha value is -4.07. The van der Waals surface area contributed by atoms with Crippen LogP contribution in [0.1, 0.15) is 29.4 Å². The second kappa shape index (κ2) is 7.26. The fraction of sp³-hybridized carbons (Fsp3) is 0.208. The SMILES string of the molecule is COc1ncc(-c2cc([C@H]3C[C@@H]3c3cccc4ncccc34)c3nccn3n2)c(OC)n1. The van der Waals surface area contributed by atoms with Gasteiger partial charge in [-0.15, -0.1) is 0 Å². The van der Waals surface area contributed by atoms with Crippen molar-refractivity contribution in [2.24, 2.45) is 0 Å². The van der Waals surface area contributed by atoms with Crippen molar-refractivity contribution >= 4 is 16.6 Å². The van der Waals surface area contributed by atoms with Gasteiger partial charge in [-0.1, -0.05) is 18.2 Å². The summed E-state index contributed by atoms with van der Waals surface area (Å²) in [6, 6.07) is 12.8. The molecule has 0 unspecified atom stereocenters. The molecule has 1 fully saturated rings. The molecule has 0 spiro atoms. The minimum absolute atomic E-state index is 0.251. The van der Waals surface area contributed by atoms with E-state index in [-0.39, 0.29) is 6.01 Å². The predicted octanol–water partition coefficient (Wildman–Crippen LogP) is 4.02. The molecule has 0 bridgehead atoms. The van der Waals surface area contributed by atoms with E-state index in [1.54, 1.807) is 19.5 Å². The van der Waals surface area contributed by atoms with Crippen molar-refractivity contribution in [2.75, 3.05) is 14.2 Å². The van der Waals surface area contributed by atoms with Crippen LogP contribution in [-0.4, -0.2) is 43.8 Å². The van der Waals surface area contributed by atoms with Crippen LogP contribution in [-0.2, 0) is 0 Å². The molecule has 2 atom stereocenters. The molecule has 158 valence electrons. The fourth-order valence-corrected chi connectivity index (χ4v) is 4.46. The lowest BCUT2D eigenvalue weighted by molar-refractivity contribution is 0.353. The highest BCUT2D eigenvalue weighted by Gasteiger charge is 2.42. The molecule has 0 N–H and O–H groups in total. The van der Waals surface area contributed by atoms with Crippen LogP contribution in [0.5, 0.6) is 11.9 Å². The van der Waals surface area contributed by atoms with Gasteiger partial charge < -0.3 is 9.47 Å². The Morgan fingerprint density at radius 3 is 2.72 bits per heavy atom. The summed E-state index contributed by atoms with van der Waals surface area (Å²) in [5.41, 5.74) is 5.81. The second-order valence-corrected chi connectivity index (χ2v) is 7.83. The van der Waals surface area contributed by atoms with Gasteiger partial charge in [0.1, 0.15) is 0 Å². The highest BCUT2D eigenvalue weighted by molar-refractivity contribution is 5.83. The summed E-state index contributed by atoms with van der Waals surface area (Å²) in [5.74, 6) is 1.17. The fourth-order valence-electron chi connectivity index (χ4n) is 4.46. The van der Waals surface area contributed by atoms with Gasteiger partial charge in [0.25, 0.3) is 0 Å². The van der Waals surface area contributed by atoms with Crippen LogP contribution in [0.3, 0.4) is 0 Å². The number of hydrogen-bond acceptors (Lipinski definition) is 7. The topological polar surface area (TPSA) is 87.3 Å².